The van der Waals surface area contributed by atoms with Gasteiger partial charge in [-0.3, -0.25) is 14.9 Å². The molecule has 2 heterocycles. The lowest BCUT2D eigenvalue weighted by Crippen LogP contribution is -2.22. The number of Topliss-reactive ketones (excluding diaryl/α,β-unsaturated/α-hetero) is 1. The molecule has 33 heavy (non-hydrogen) atoms. The van der Waals surface area contributed by atoms with E-state index in [9.17, 15) is 14.9 Å². The lowest BCUT2D eigenvalue weighted by atomic mass is 9.82. The van der Waals surface area contributed by atoms with Crippen molar-refractivity contribution in [3.63, 3.8) is 0 Å². The molecular weight excluding hydrogens is 442 g/mol. The predicted molar refractivity (Wildman–Crippen MR) is 122 cm³/mol. The summed E-state index contributed by atoms with van der Waals surface area (Å²) in [5.41, 5.74) is 3.18. The smallest absolute Gasteiger partial charge is 0.269 e. The van der Waals surface area contributed by atoms with E-state index in [-0.39, 0.29) is 17.4 Å². The third-order valence-corrected chi connectivity index (χ3v) is 6.60. The Kier molecular flexibility index (Phi) is 5.51. The number of nitrogens with zero attached hydrogens (tertiary/aromatic N) is 5. The van der Waals surface area contributed by atoms with Gasteiger partial charge in [0.2, 0.25) is 5.16 Å². The molecule has 0 saturated heterocycles. The molecule has 1 aliphatic rings. The summed E-state index contributed by atoms with van der Waals surface area (Å²) in [5.74, 6) is 1.64. The van der Waals surface area contributed by atoms with Gasteiger partial charge < -0.3 is 4.74 Å². The second-order valence-corrected chi connectivity index (χ2v) is 8.65. The molecule has 5 rings (SSSR count). The number of fused-ring (bicyclic) bond motifs is 3. The first kappa shape index (κ1) is 21.1. The molecule has 1 aliphatic carbocycles. The maximum Gasteiger partial charge on any atom is 0.269 e. The Bertz CT molecular complexity index is 1390. The van der Waals surface area contributed by atoms with Gasteiger partial charge in [-0.1, -0.05) is 42.1 Å². The highest BCUT2D eigenvalue weighted by atomic mass is 32.2. The molecule has 0 N–H and O–H groups in total. The Morgan fingerprint density at radius 1 is 1.21 bits per heavy atom. The van der Waals surface area contributed by atoms with Crippen molar-refractivity contribution in [3.8, 4) is 5.75 Å². The topological polar surface area (TPSA) is 113 Å². The van der Waals surface area contributed by atoms with Crippen molar-refractivity contribution >= 4 is 29.0 Å². The van der Waals surface area contributed by atoms with E-state index in [0.717, 1.165) is 22.6 Å². The highest BCUT2D eigenvalue weighted by Gasteiger charge is 2.31. The average Bonchev–Trinajstić information content (AvgIpc) is 3.26. The molecule has 0 amide bonds. The minimum atomic E-state index is -0.414. The lowest BCUT2D eigenvalue weighted by Gasteiger charge is -2.25. The molecule has 166 valence electrons. The first-order valence-corrected chi connectivity index (χ1v) is 11.3. The van der Waals surface area contributed by atoms with Gasteiger partial charge in [0, 0.05) is 36.4 Å². The summed E-state index contributed by atoms with van der Waals surface area (Å²) in [4.78, 5) is 32.3. The van der Waals surface area contributed by atoms with E-state index in [1.807, 2.05) is 30.3 Å². The van der Waals surface area contributed by atoms with Crippen molar-refractivity contribution in [1.29, 1.82) is 0 Å². The van der Waals surface area contributed by atoms with Crippen LogP contribution in [0.15, 0.2) is 59.9 Å². The van der Waals surface area contributed by atoms with Gasteiger partial charge in [0.05, 0.1) is 23.3 Å². The zero-order chi connectivity index (χ0) is 22.9. The first-order valence-electron chi connectivity index (χ1n) is 10.3. The number of ether oxygens (including phenoxy) is 1. The summed E-state index contributed by atoms with van der Waals surface area (Å²) in [6, 6.07) is 14.2. The normalized spacial score (nSPS) is 15.4. The second-order valence-electron chi connectivity index (χ2n) is 7.71. The van der Waals surface area contributed by atoms with E-state index in [0.29, 0.717) is 35.1 Å². The number of thioether (sulfide) groups is 1. The monoisotopic (exact) mass is 461 g/mol. The lowest BCUT2D eigenvalue weighted by molar-refractivity contribution is -0.384. The minimum Gasteiger partial charge on any atom is -0.496 e. The number of hydrogen-bond donors (Lipinski definition) is 0. The molecule has 1 unspecified atom stereocenters. The van der Waals surface area contributed by atoms with Crippen LogP contribution in [0.2, 0.25) is 0 Å². The van der Waals surface area contributed by atoms with Crippen LogP contribution in [0.25, 0.3) is 5.78 Å². The van der Waals surface area contributed by atoms with Gasteiger partial charge >= 0.3 is 0 Å². The number of para-hydroxylation sites is 1. The van der Waals surface area contributed by atoms with Crippen LogP contribution in [-0.2, 0) is 12.2 Å². The molecule has 0 aliphatic heterocycles. The number of methoxy groups -OCH3 is 1. The van der Waals surface area contributed by atoms with Crippen LogP contribution >= 0.6 is 11.8 Å². The van der Waals surface area contributed by atoms with Crippen LogP contribution in [0.4, 0.5) is 5.69 Å². The minimum absolute atomic E-state index is 0.0165. The van der Waals surface area contributed by atoms with Gasteiger partial charge in [0.1, 0.15) is 5.75 Å². The van der Waals surface area contributed by atoms with Gasteiger partial charge in [-0.25, -0.2) is 4.98 Å². The van der Waals surface area contributed by atoms with Gasteiger partial charge in [-0.15, -0.1) is 5.10 Å². The fraction of sp³-hybridized carbons (Fsp3) is 0.217. The van der Waals surface area contributed by atoms with E-state index in [1.165, 1.54) is 17.8 Å². The van der Waals surface area contributed by atoms with Crippen LogP contribution in [0.1, 0.15) is 39.5 Å². The average molecular weight is 462 g/mol. The quantitative estimate of drug-likeness (QED) is 0.238. The molecule has 1 atom stereocenters. The Balaban J connectivity index is 1.44. The number of benzene rings is 2. The molecule has 2 aromatic heterocycles. The summed E-state index contributed by atoms with van der Waals surface area (Å²) < 4.78 is 7.15. The number of ketones is 1. The molecule has 0 fully saturated rings. The summed E-state index contributed by atoms with van der Waals surface area (Å²) >= 11 is 1.36. The van der Waals surface area contributed by atoms with E-state index < -0.39 is 4.92 Å². The molecule has 0 bridgehead atoms. The number of non-ortho nitro benzene ring substituents is 1. The van der Waals surface area contributed by atoms with Crippen LogP contribution in [0.3, 0.4) is 0 Å². The zero-order valence-electron chi connectivity index (χ0n) is 17.7. The van der Waals surface area contributed by atoms with Gasteiger partial charge in [0.15, 0.2) is 5.78 Å². The van der Waals surface area contributed by atoms with E-state index in [4.69, 9.17) is 4.74 Å². The van der Waals surface area contributed by atoms with Gasteiger partial charge in [-0.2, -0.15) is 9.50 Å². The molecule has 0 spiro atoms. The Morgan fingerprint density at radius 2 is 2.06 bits per heavy atom. The van der Waals surface area contributed by atoms with E-state index >= 15 is 0 Å². The van der Waals surface area contributed by atoms with E-state index in [2.05, 4.69) is 15.1 Å². The van der Waals surface area contributed by atoms with Crippen LogP contribution < -0.4 is 4.74 Å². The van der Waals surface area contributed by atoms with Crippen LogP contribution in [-0.4, -0.2) is 37.4 Å². The highest BCUT2D eigenvalue weighted by molar-refractivity contribution is 7.98. The summed E-state index contributed by atoms with van der Waals surface area (Å²) in [6.45, 7) is 0. The van der Waals surface area contributed by atoms with Gasteiger partial charge in [-0.05, 0) is 23.6 Å². The maximum absolute atomic E-state index is 12.9. The number of nitro groups is 1. The zero-order valence-corrected chi connectivity index (χ0v) is 18.5. The van der Waals surface area contributed by atoms with Crippen molar-refractivity contribution in [1.82, 2.24) is 19.6 Å². The highest BCUT2D eigenvalue weighted by Crippen LogP contribution is 2.37. The van der Waals surface area contributed by atoms with Crippen molar-refractivity contribution in [2.75, 3.05) is 7.11 Å². The van der Waals surface area contributed by atoms with Crippen molar-refractivity contribution < 1.29 is 14.5 Å². The number of hydrogen-bond acceptors (Lipinski definition) is 8. The number of nitro benzene ring substituents is 1. The number of carbonyl (C=O) groups is 1. The second kappa shape index (κ2) is 8.62. The third-order valence-electron chi connectivity index (χ3n) is 5.69. The SMILES string of the molecule is COc1ccccc1C1CC(=O)c2cnc3nc(SCc4cccc([N+](=O)[O-])c4)nn3c2C1. The van der Waals surface area contributed by atoms with Crippen LogP contribution in [0, 0.1) is 10.1 Å². The van der Waals surface area contributed by atoms with Gasteiger partial charge in [0.25, 0.3) is 11.5 Å². The fourth-order valence-corrected chi connectivity index (χ4v) is 4.88. The molecular formula is C23H19N5O4S. The molecule has 9 nitrogen and oxygen atoms in total. The number of rotatable bonds is 6. The standard InChI is InChI=1S/C23H19N5O4S/c1-32-21-8-3-2-7-17(21)15-10-19-18(20(29)11-15)12-24-22-25-23(26-27(19)22)33-13-14-5-4-6-16(9-14)28(30)31/h2-9,12,15H,10-11,13H2,1H3. The third kappa shape index (κ3) is 4.05. The number of carbonyl (C=O) groups excluding carboxylic acids is 1. The van der Waals surface area contributed by atoms with E-state index in [1.54, 1.807) is 30.0 Å². The van der Waals surface area contributed by atoms with Crippen LogP contribution in [0.5, 0.6) is 5.75 Å². The molecule has 10 heteroatoms. The molecule has 2 aromatic carbocycles. The first-order chi connectivity index (χ1) is 16.0. The van der Waals surface area contributed by atoms with Crippen molar-refractivity contribution in [3.05, 3.63) is 87.2 Å². The fourth-order valence-electron chi connectivity index (χ4n) is 4.12. The molecule has 0 saturated carbocycles. The van der Waals surface area contributed by atoms with Crippen molar-refractivity contribution in [2.45, 2.75) is 29.7 Å². The Morgan fingerprint density at radius 3 is 2.88 bits per heavy atom. The summed E-state index contributed by atoms with van der Waals surface area (Å²) in [7, 11) is 1.63. The number of aromatic nitrogens is 4. The maximum atomic E-state index is 12.9. The van der Waals surface area contributed by atoms with Crippen molar-refractivity contribution in [2.24, 2.45) is 0 Å². The largest absolute Gasteiger partial charge is 0.496 e. The molecule has 0 radical (unpaired) electrons. The molecule has 4 aromatic rings. The predicted octanol–water partition coefficient (Wildman–Crippen LogP) is 4.25. The Hall–Kier alpha value is -3.79. The summed E-state index contributed by atoms with van der Waals surface area (Å²) in [5, 5.41) is 16.1. The Labute approximate surface area is 193 Å². The summed E-state index contributed by atoms with van der Waals surface area (Å²) in [6.07, 6.45) is 2.57.